The van der Waals surface area contributed by atoms with Crippen LogP contribution in [0.3, 0.4) is 0 Å². The smallest absolute Gasteiger partial charge is 0.167 e. The Balaban J connectivity index is 2.61. The van der Waals surface area contributed by atoms with Gasteiger partial charge in [-0.3, -0.25) is 9.69 Å². The fourth-order valence-corrected chi connectivity index (χ4v) is 1.96. The fourth-order valence-electron chi connectivity index (χ4n) is 1.96. The topological polar surface area (TPSA) is 20.3 Å². The maximum atomic E-state index is 11.4. The normalized spacial score (nSPS) is 30.5. The van der Waals surface area contributed by atoms with Crippen molar-refractivity contribution in [3.63, 3.8) is 0 Å². The Hall–Kier alpha value is -0.630. The lowest BCUT2D eigenvalue weighted by molar-refractivity contribution is -0.146. The van der Waals surface area contributed by atoms with Crippen molar-refractivity contribution < 1.29 is 4.79 Å². The highest BCUT2D eigenvalue weighted by atomic mass is 16.1. The van der Waals surface area contributed by atoms with Crippen molar-refractivity contribution in [2.45, 2.75) is 45.3 Å². The number of ketones is 1. The van der Waals surface area contributed by atoms with Gasteiger partial charge in [0.1, 0.15) is 0 Å². The van der Waals surface area contributed by atoms with E-state index in [1.807, 2.05) is 13.0 Å². The first-order valence-corrected chi connectivity index (χ1v) is 4.51. The Morgan fingerprint density at radius 2 is 2.25 bits per heavy atom. The number of carbonyl (C=O) groups excluding carboxylic acids is 1. The number of likely N-dealkylation sites (tertiary alicyclic amines) is 1. The molecule has 1 rings (SSSR count). The summed E-state index contributed by atoms with van der Waals surface area (Å²) < 4.78 is 0. The molecule has 0 saturated carbocycles. The van der Waals surface area contributed by atoms with Crippen LogP contribution in [0.5, 0.6) is 0 Å². The summed E-state index contributed by atoms with van der Waals surface area (Å²) >= 11 is 0. The van der Waals surface area contributed by atoms with Gasteiger partial charge >= 0.3 is 0 Å². The highest BCUT2D eigenvalue weighted by molar-refractivity contribution is 5.94. The van der Waals surface area contributed by atoms with Crippen LogP contribution in [0.15, 0.2) is 12.7 Å². The van der Waals surface area contributed by atoms with Crippen molar-refractivity contribution in [2.75, 3.05) is 0 Å². The van der Waals surface area contributed by atoms with Gasteiger partial charge < -0.3 is 0 Å². The molecule has 0 aromatic rings. The van der Waals surface area contributed by atoms with E-state index in [1.165, 1.54) is 0 Å². The SMILES string of the molecule is C=CC[C@H]1C(=O)[C@@H](C)N1C(C)C. The van der Waals surface area contributed by atoms with Crippen LogP contribution in [0.2, 0.25) is 0 Å². The van der Waals surface area contributed by atoms with E-state index in [-0.39, 0.29) is 12.1 Å². The zero-order chi connectivity index (χ0) is 9.30. The van der Waals surface area contributed by atoms with Gasteiger partial charge in [-0.25, -0.2) is 0 Å². The lowest BCUT2D eigenvalue weighted by Gasteiger charge is -2.47. The van der Waals surface area contributed by atoms with Gasteiger partial charge in [0.15, 0.2) is 5.78 Å². The van der Waals surface area contributed by atoms with Gasteiger partial charge in [-0.15, -0.1) is 6.58 Å². The standard InChI is InChI=1S/C10H17NO/c1-5-6-9-10(12)8(4)11(9)7(2)3/h5,7-9H,1,6H2,2-4H3/t8-,9+/m1/s1. The predicted octanol–water partition coefficient (Wildman–Crippen LogP) is 1.61. The van der Waals surface area contributed by atoms with Gasteiger partial charge in [0.2, 0.25) is 0 Å². The van der Waals surface area contributed by atoms with Crippen molar-refractivity contribution in [1.82, 2.24) is 4.90 Å². The van der Waals surface area contributed by atoms with Gasteiger partial charge in [-0.05, 0) is 27.2 Å². The average molecular weight is 167 g/mol. The van der Waals surface area contributed by atoms with Gasteiger partial charge in [0.05, 0.1) is 12.1 Å². The maximum absolute atomic E-state index is 11.4. The zero-order valence-electron chi connectivity index (χ0n) is 8.08. The van der Waals surface area contributed by atoms with Crippen LogP contribution in [0.4, 0.5) is 0 Å². The van der Waals surface area contributed by atoms with Gasteiger partial charge in [-0.2, -0.15) is 0 Å². The molecule has 12 heavy (non-hydrogen) atoms. The fraction of sp³-hybridized carbons (Fsp3) is 0.700. The lowest BCUT2D eigenvalue weighted by Crippen LogP contribution is -2.65. The van der Waals surface area contributed by atoms with E-state index in [2.05, 4.69) is 25.3 Å². The summed E-state index contributed by atoms with van der Waals surface area (Å²) in [5.74, 6) is 0.364. The Morgan fingerprint density at radius 3 is 2.67 bits per heavy atom. The zero-order valence-corrected chi connectivity index (χ0v) is 8.08. The number of carbonyl (C=O) groups is 1. The van der Waals surface area contributed by atoms with Crippen LogP contribution in [-0.4, -0.2) is 28.8 Å². The molecule has 0 bridgehead atoms. The molecule has 0 N–H and O–H groups in total. The molecule has 1 aliphatic heterocycles. The molecule has 1 aliphatic rings. The summed E-state index contributed by atoms with van der Waals surface area (Å²) in [4.78, 5) is 13.6. The first kappa shape index (κ1) is 9.46. The minimum atomic E-state index is 0.109. The molecule has 68 valence electrons. The molecule has 0 aromatic heterocycles. The van der Waals surface area contributed by atoms with E-state index in [0.717, 1.165) is 6.42 Å². The highest BCUT2D eigenvalue weighted by Crippen LogP contribution is 2.26. The number of hydrogen-bond acceptors (Lipinski definition) is 2. The van der Waals surface area contributed by atoms with E-state index in [0.29, 0.717) is 11.8 Å². The van der Waals surface area contributed by atoms with E-state index in [4.69, 9.17) is 0 Å². The highest BCUT2D eigenvalue weighted by Gasteiger charge is 2.44. The third-order valence-electron chi connectivity index (χ3n) is 2.53. The van der Waals surface area contributed by atoms with Crippen LogP contribution >= 0.6 is 0 Å². The quantitative estimate of drug-likeness (QED) is 0.595. The van der Waals surface area contributed by atoms with Crippen molar-refractivity contribution in [3.8, 4) is 0 Å². The largest absolute Gasteiger partial charge is 0.296 e. The Morgan fingerprint density at radius 1 is 1.67 bits per heavy atom. The maximum Gasteiger partial charge on any atom is 0.167 e. The molecule has 2 nitrogen and oxygen atoms in total. The summed E-state index contributed by atoms with van der Waals surface area (Å²) in [7, 11) is 0. The van der Waals surface area contributed by atoms with Crippen molar-refractivity contribution in [2.24, 2.45) is 0 Å². The number of nitrogens with zero attached hydrogens (tertiary/aromatic N) is 1. The van der Waals surface area contributed by atoms with Gasteiger partial charge in [0.25, 0.3) is 0 Å². The lowest BCUT2D eigenvalue weighted by atomic mass is 9.88. The molecule has 2 heteroatoms. The average Bonchev–Trinajstić information content (AvgIpc) is 2.02. The van der Waals surface area contributed by atoms with E-state index in [9.17, 15) is 4.79 Å². The second kappa shape index (κ2) is 3.40. The number of Topliss-reactive ketones (excluding diaryl/α,β-unsaturated/α-hetero) is 1. The molecular formula is C10H17NO. The summed E-state index contributed by atoms with van der Waals surface area (Å²) in [5.41, 5.74) is 0. The minimum absolute atomic E-state index is 0.109. The molecule has 1 saturated heterocycles. The van der Waals surface area contributed by atoms with Crippen molar-refractivity contribution >= 4 is 5.78 Å². The summed E-state index contributed by atoms with van der Waals surface area (Å²) in [6.07, 6.45) is 2.62. The van der Waals surface area contributed by atoms with Crippen LogP contribution in [0.25, 0.3) is 0 Å². The minimum Gasteiger partial charge on any atom is -0.296 e. The van der Waals surface area contributed by atoms with Crippen molar-refractivity contribution in [3.05, 3.63) is 12.7 Å². The molecule has 0 unspecified atom stereocenters. The molecule has 1 fully saturated rings. The predicted molar refractivity (Wildman–Crippen MR) is 50.0 cm³/mol. The first-order chi connectivity index (χ1) is 5.59. The van der Waals surface area contributed by atoms with Crippen LogP contribution in [0.1, 0.15) is 27.2 Å². The van der Waals surface area contributed by atoms with Gasteiger partial charge in [-0.1, -0.05) is 6.08 Å². The number of rotatable bonds is 3. The molecule has 1 heterocycles. The summed E-state index contributed by atoms with van der Waals surface area (Å²) in [5, 5.41) is 0. The molecule has 0 aliphatic carbocycles. The molecule has 0 spiro atoms. The molecular weight excluding hydrogens is 150 g/mol. The second-order valence-corrected chi connectivity index (χ2v) is 3.66. The molecule has 2 atom stereocenters. The Bertz CT molecular complexity index is 198. The van der Waals surface area contributed by atoms with Crippen molar-refractivity contribution in [1.29, 1.82) is 0 Å². The molecule has 0 aromatic carbocycles. The summed E-state index contributed by atoms with van der Waals surface area (Å²) in [6, 6.07) is 0.690. The van der Waals surface area contributed by atoms with Gasteiger partial charge in [0, 0.05) is 6.04 Å². The Labute approximate surface area is 74.2 Å². The number of hydrogen-bond donors (Lipinski definition) is 0. The van der Waals surface area contributed by atoms with Crippen LogP contribution in [-0.2, 0) is 4.79 Å². The van der Waals surface area contributed by atoms with E-state index < -0.39 is 0 Å². The first-order valence-electron chi connectivity index (χ1n) is 4.51. The van der Waals surface area contributed by atoms with Crippen LogP contribution < -0.4 is 0 Å². The molecule has 0 amide bonds. The third kappa shape index (κ3) is 1.31. The van der Waals surface area contributed by atoms with E-state index >= 15 is 0 Å². The van der Waals surface area contributed by atoms with E-state index in [1.54, 1.807) is 0 Å². The monoisotopic (exact) mass is 167 g/mol. The molecule has 0 radical (unpaired) electrons. The van der Waals surface area contributed by atoms with Crippen LogP contribution in [0, 0.1) is 0 Å². The Kier molecular flexibility index (Phi) is 2.68. The third-order valence-corrected chi connectivity index (χ3v) is 2.53. The second-order valence-electron chi connectivity index (χ2n) is 3.66. The summed E-state index contributed by atoms with van der Waals surface area (Å²) in [6.45, 7) is 9.88.